The zero-order valence-electron chi connectivity index (χ0n) is 12.3. The summed E-state index contributed by atoms with van der Waals surface area (Å²) in [6.45, 7) is 3.45. The van der Waals surface area contributed by atoms with E-state index in [4.69, 9.17) is 0 Å². The van der Waals surface area contributed by atoms with E-state index in [2.05, 4.69) is 26.2 Å². The van der Waals surface area contributed by atoms with Crippen LogP contribution < -0.4 is 10.2 Å². The van der Waals surface area contributed by atoms with Gasteiger partial charge in [0.15, 0.2) is 0 Å². The number of nitrogens with zero attached hydrogens (tertiary/aromatic N) is 3. The summed E-state index contributed by atoms with van der Waals surface area (Å²) in [5.41, 5.74) is 3.29. The number of carbonyl (C=O) groups is 1. The molecule has 1 unspecified atom stereocenters. The zero-order chi connectivity index (χ0) is 14.9. The van der Waals surface area contributed by atoms with Gasteiger partial charge in [-0.15, -0.1) is 0 Å². The van der Waals surface area contributed by atoms with Crippen molar-refractivity contribution in [3.05, 3.63) is 54.4 Å². The highest BCUT2D eigenvalue weighted by molar-refractivity contribution is 6.03. The maximum atomic E-state index is 12.4. The van der Waals surface area contributed by atoms with Crippen LogP contribution in [0.5, 0.6) is 0 Å². The fraction of sp³-hybridized carbons (Fsp3) is 0.294. The Labute approximate surface area is 129 Å². The van der Waals surface area contributed by atoms with Crippen LogP contribution in [-0.2, 0) is 11.3 Å². The van der Waals surface area contributed by atoms with Crippen LogP contribution in [0.25, 0.3) is 0 Å². The largest absolute Gasteiger partial charge is 0.355 e. The van der Waals surface area contributed by atoms with Crippen molar-refractivity contribution >= 4 is 17.3 Å². The van der Waals surface area contributed by atoms with Gasteiger partial charge in [0.25, 0.3) is 0 Å². The monoisotopic (exact) mass is 294 g/mol. The third kappa shape index (κ3) is 2.33. The lowest BCUT2D eigenvalue weighted by Gasteiger charge is -2.45. The average Bonchev–Trinajstić information content (AvgIpc) is 2.56. The molecular formula is C17H18N4O. The van der Waals surface area contributed by atoms with E-state index >= 15 is 0 Å². The Kier molecular flexibility index (Phi) is 3.27. The van der Waals surface area contributed by atoms with Gasteiger partial charge in [-0.3, -0.25) is 14.7 Å². The van der Waals surface area contributed by atoms with Crippen LogP contribution in [0.4, 0.5) is 11.4 Å². The standard InChI is InChI=1S/C17H18N4O/c22-17-16-12-20(11-13-5-7-18-8-6-13)9-10-21(16)15-4-2-1-3-14(15)19-17/h1-8,16H,9-12H2,(H,19,22). The second-order valence-corrected chi connectivity index (χ2v) is 5.81. The number of rotatable bonds is 2. The highest BCUT2D eigenvalue weighted by Gasteiger charge is 2.36. The van der Waals surface area contributed by atoms with Gasteiger partial charge in [-0.05, 0) is 29.8 Å². The van der Waals surface area contributed by atoms with Gasteiger partial charge in [0.05, 0.1) is 11.4 Å². The van der Waals surface area contributed by atoms with Gasteiger partial charge in [0.2, 0.25) is 5.91 Å². The number of nitrogens with one attached hydrogen (secondary N) is 1. The van der Waals surface area contributed by atoms with Crippen molar-refractivity contribution in [3.8, 4) is 0 Å². The molecule has 1 N–H and O–H groups in total. The molecule has 1 aromatic carbocycles. The van der Waals surface area contributed by atoms with Crippen molar-refractivity contribution in [2.45, 2.75) is 12.6 Å². The van der Waals surface area contributed by atoms with E-state index in [1.807, 2.05) is 42.7 Å². The molecule has 22 heavy (non-hydrogen) atoms. The molecule has 5 heteroatoms. The normalized spacial score (nSPS) is 21.0. The van der Waals surface area contributed by atoms with Crippen LogP contribution in [0.1, 0.15) is 5.56 Å². The predicted molar refractivity (Wildman–Crippen MR) is 85.7 cm³/mol. The Morgan fingerprint density at radius 3 is 2.82 bits per heavy atom. The number of anilines is 2. The summed E-state index contributed by atoms with van der Waals surface area (Å²) in [5.74, 6) is 0.0955. The lowest BCUT2D eigenvalue weighted by Crippen LogP contribution is -2.59. The topological polar surface area (TPSA) is 48.5 Å². The van der Waals surface area contributed by atoms with Crippen molar-refractivity contribution in [3.63, 3.8) is 0 Å². The van der Waals surface area contributed by atoms with E-state index in [9.17, 15) is 4.79 Å². The number of fused-ring (bicyclic) bond motifs is 3. The summed E-state index contributed by atoms with van der Waals surface area (Å²) in [6, 6.07) is 12.0. The third-order valence-electron chi connectivity index (χ3n) is 4.39. The lowest BCUT2D eigenvalue weighted by atomic mass is 10.0. The van der Waals surface area contributed by atoms with E-state index in [1.54, 1.807) is 0 Å². The van der Waals surface area contributed by atoms with Gasteiger partial charge in [0, 0.05) is 38.6 Å². The molecular weight excluding hydrogens is 276 g/mol. The first-order chi connectivity index (χ1) is 10.8. The molecule has 0 bridgehead atoms. The first-order valence-corrected chi connectivity index (χ1v) is 7.59. The highest BCUT2D eigenvalue weighted by Crippen LogP contribution is 2.33. The van der Waals surface area contributed by atoms with E-state index in [-0.39, 0.29) is 11.9 Å². The summed E-state index contributed by atoms with van der Waals surface area (Å²) in [5, 5.41) is 3.03. The molecule has 1 amide bonds. The molecule has 0 radical (unpaired) electrons. The average molecular weight is 294 g/mol. The van der Waals surface area contributed by atoms with Crippen LogP contribution in [0.2, 0.25) is 0 Å². The molecule has 1 saturated heterocycles. The van der Waals surface area contributed by atoms with Gasteiger partial charge in [-0.2, -0.15) is 0 Å². The van der Waals surface area contributed by atoms with E-state index in [0.29, 0.717) is 0 Å². The number of pyridine rings is 1. The van der Waals surface area contributed by atoms with Crippen LogP contribution in [0.3, 0.4) is 0 Å². The summed E-state index contributed by atoms with van der Waals surface area (Å²) in [4.78, 5) is 21.0. The van der Waals surface area contributed by atoms with Crippen LogP contribution >= 0.6 is 0 Å². The van der Waals surface area contributed by atoms with Crippen molar-refractivity contribution in [1.82, 2.24) is 9.88 Å². The zero-order valence-corrected chi connectivity index (χ0v) is 12.3. The number of hydrogen-bond acceptors (Lipinski definition) is 4. The molecule has 3 heterocycles. The smallest absolute Gasteiger partial charge is 0.248 e. The van der Waals surface area contributed by atoms with E-state index < -0.39 is 0 Å². The van der Waals surface area contributed by atoms with Crippen molar-refractivity contribution in [2.24, 2.45) is 0 Å². The number of carbonyl (C=O) groups excluding carboxylic acids is 1. The molecule has 1 fully saturated rings. The molecule has 0 saturated carbocycles. The Morgan fingerprint density at radius 1 is 1.14 bits per heavy atom. The fourth-order valence-corrected chi connectivity index (χ4v) is 3.29. The lowest BCUT2D eigenvalue weighted by molar-refractivity contribution is -0.118. The van der Waals surface area contributed by atoms with Gasteiger partial charge in [-0.1, -0.05) is 12.1 Å². The number of piperazine rings is 1. The summed E-state index contributed by atoms with van der Waals surface area (Å²) in [6.07, 6.45) is 3.63. The maximum absolute atomic E-state index is 12.4. The van der Waals surface area contributed by atoms with Crippen molar-refractivity contribution in [1.29, 1.82) is 0 Å². The molecule has 112 valence electrons. The number of benzene rings is 1. The Hall–Kier alpha value is -2.40. The van der Waals surface area contributed by atoms with Crippen LogP contribution in [-0.4, -0.2) is 41.5 Å². The number of para-hydroxylation sites is 2. The Bertz CT molecular complexity index is 688. The molecule has 1 aromatic heterocycles. The predicted octanol–water partition coefficient (Wildman–Crippen LogP) is 1.72. The SMILES string of the molecule is O=C1Nc2ccccc2N2CCN(Cc3ccncc3)CC12. The van der Waals surface area contributed by atoms with Gasteiger partial charge >= 0.3 is 0 Å². The van der Waals surface area contributed by atoms with Crippen LogP contribution in [0.15, 0.2) is 48.8 Å². The van der Waals surface area contributed by atoms with Crippen molar-refractivity contribution in [2.75, 3.05) is 29.9 Å². The minimum Gasteiger partial charge on any atom is -0.355 e. The minimum absolute atomic E-state index is 0.0955. The summed E-state index contributed by atoms with van der Waals surface area (Å²) in [7, 11) is 0. The molecule has 0 spiro atoms. The first kappa shape index (κ1) is 13.3. The molecule has 4 rings (SSSR count). The summed E-state index contributed by atoms with van der Waals surface area (Å²) >= 11 is 0. The Morgan fingerprint density at radius 2 is 1.95 bits per heavy atom. The fourth-order valence-electron chi connectivity index (χ4n) is 3.29. The molecule has 1 atom stereocenters. The second-order valence-electron chi connectivity index (χ2n) is 5.81. The Balaban J connectivity index is 1.53. The van der Waals surface area contributed by atoms with Crippen molar-refractivity contribution < 1.29 is 4.79 Å². The first-order valence-electron chi connectivity index (χ1n) is 7.59. The number of hydrogen-bond donors (Lipinski definition) is 1. The molecule has 2 aliphatic heterocycles. The molecule has 0 aliphatic carbocycles. The quantitative estimate of drug-likeness (QED) is 0.916. The molecule has 2 aromatic rings. The van der Waals surface area contributed by atoms with E-state index in [0.717, 1.165) is 37.6 Å². The number of amides is 1. The highest BCUT2D eigenvalue weighted by atomic mass is 16.2. The maximum Gasteiger partial charge on any atom is 0.248 e. The third-order valence-corrected chi connectivity index (χ3v) is 4.39. The molecule has 5 nitrogen and oxygen atoms in total. The number of aromatic nitrogens is 1. The van der Waals surface area contributed by atoms with Crippen LogP contribution in [0, 0.1) is 0 Å². The molecule has 2 aliphatic rings. The van der Waals surface area contributed by atoms with Gasteiger partial charge in [0.1, 0.15) is 6.04 Å². The van der Waals surface area contributed by atoms with Gasteiger partial charge in [-0.25, -0.2) is 0 Å². The van der Waals surface area contributed by atoms with E-state index in [1.165, 1.54) is 5.56 Å². The summed E-state index contributed by atoms with van der Waals surface area (Å²) < 4.78 is 0. The minimum atomic E-state index is -0.106. The van der Waals surface area contributed by atoms with Gasteiger partial charge < -0.3 is 10.2 Å². The second kappa shape index (κ2) is 5.42.